The third-order valence-electron chi connectivity index (χ3n) is 6.64. The molecular weight excluding hydrogens is 418 g/mol. The van der Waals surface area contributed by atoms with E-state index in [1.165, 1.54) is 0 Å². The largest absolute Gasteiger partial charge is 0.496 e. The van der Waals surface area contributed by atoms with Gasteiger partial charge in [-0.25, -0.2) is 0 Å². The van der Waals surface area contributed by atoms with Gasteiger partial charge < -0.3 is 19.9 Å². The van der Waals surface area contributed by atoms with Crippen LogP contribution in [0.25, 0.3) is 0 Å². The van der Waals surface area contributed by atoms with Gasteiger partial charge in [-0.1, -0.05) is 35.9 Å². The molecule has 2 fully saturated rings. The van der Waals surface area contributed by atoms with Crippen LogP contribution in [0.15, 0.2) is 48.5 Å². The monoisotopic (exact) mass is 449 g/mol. The zero-order chi connectivity index (χ0) is 23.4. The lowest BCUT2D eigenvalue weighted by atomic mass is 9.94. The first-order chi connectivity index (χ1) is 16.0. The Morgan fingerprint density at radius 2 is 1.73 bits per heavy atom. The number of nitrogens with one attached hydrogen (secondary N) is 1. The molecule has 2 aliphatic heterocycles. The molecule has 2 aromatic carbocycles. The van der Waals surface area contributed by atoms with Crippen LogP contribution in [0.3, 0.4) is 0 Å². The SMILES string of the molecule is COc1ccccc1CNC(=O)C1CCN(C(=O)[C@H]2CC(=O)N(c3ccc(C)cc3)C2)CC1. The van der Waals surface area contributed by atoms with Gasteiger partial charge in [0, 0.05) is 49.8 Å². The number of anilines is 1. The maximum Gasteiger partial charge on any atom is 0.228 e. The third-order valence-corrected chi connectivity index (χ3v) is 6.64. The number of nitrogens with zero attached hydrogens (tertiary/aromatic N) is 2. The maximum absolute atomic E-state index is 13.1. The van der Waals surface area contributed by atoms with Gasteiger partial charge in [0.05, 0.1) is 13.0 Å². The molecule has 1 N–H and O–H groups in total. The van der Waals surface area contributed by atoms with Crippen molar-refractivity contribution in [2.45, 2.75) is 32.7 Å². The van der Waals surface area contributed by atoms with Crippen LogP contribution in [-0.4, -0.2) is 49.4 Å². The molecule has 174 valence electrons. The van der Waals surface area contributed by atoms with Gasteiger partial charge in [-0.2, -0.15) is 0 Å². The summed E-state index contributed by atoms with van der Waals surface area (Å²) in [5.41, 5.74) is 2.91. The Labute approximate surface area is 194 Å². The lowest BCUT2D eigenvalue weighted by Crippen LogP contribution is -2.45. The number of para-hydroxylation sites is 1. The van der Waals surface area contributed by atoms with Crippen LogP contribution in [-0.2, 0) is 20.9 Å². The molecule has 2 aliphatic rings. The van der Waals surface area contributed by atoms with Crippen molar-refractivity contribution >= 4 is 23.4 Å². The fourth-order valence-electron chi connectivity index (χ4n) is 4.64. The Kier molecular flexibility index (Phi) is 6.96. The van der Waals surface area contributed by atoms with Crippen molar-refractivity contribution in [2.24, 2.45) is 11.8 Å². The van der Waals surface area contributed by atoms with Crippen molar-refractivity contribution in [1.82, 2.24) is 10.2 Å². The number of likely N-dealkylation sites (tertiary alicyclic amines) is 1. The number of methoxy groups -OCH3 is 1. The first-order valence-corrected chi connectivity index (χ1v) is 11.5. The lowest BCUT2D eigenvalue weighted by molar-refractivity contribution is -0.139. The van der Waals surface area contributed by atoms with Crippen molar-refractivity contribution < 1.29 is 19.1 Å². The number of aryl methyl sites for hydroxylation is 1. The van der Waals surface area contributed by atoms with E-state index in [-0.39, 0.29) is 36.0 Å². The minimum Gasteiger partial charge on any atom is -0.496 e. The van der Waals surface area contributed by atoms with E-state index < -0.39 is 0 Å². The first kappa shape index (κ1) is 22.8. The predicted octanol–water partition coefficient (Wildman–Crippen LogP) is 2.91. The summed E-state index contributed by atoms with van der Waals surface area (Å²) in [6.45, 7) is 3.92. The second-order valence-electron chi connectivity index (χ2n) is 8.87. The summed E-state index contributed by atoms with van der Waals surface area (Å²) in [7, 11) is 1.62. The molecule has 0 radical (unpaired) electrons. The van der Waals surface area contributed by atoms with Crippen LogP contribution in [0.5, 0.6) is 5.75 Å². The van der Waals surface area contributed by atoms with Gasteiger partial charge in [-0.3, -0.25) is 14.4 Å². The fraction of sp³-hybridized carbons (Fsp3) is 0.423. The quantitative estimate of drug-likeness (QED) is 0.736. The van der Waals surface area contributed by atoms with Crippen molar-refractivity contribution in [2.75, 3.05) is 31.6 Å². The van der Waals surface area contributed by atoms with E-state index in [0.717, 1.165) is 22.6 Å². The topological polar surface area (TPSA) is 79.0 Å². The molecule has 0 spiro atoms. The number of piperidine rings is 1. The summed E-state index contributed by atoms with van der Waals surface area (Å²) in [6.07, 6.45) is 1.50. The number of hydrogen-bond donors (Lipinski definition) is 1. The Morgan fingerprint density at radius 1 is 1.03 bits per heavy atom. The molecule has 0 aliphatic carbocycles. The molecule has 33 heavy (non-hydrogen) atoms. The zero-order valence-corrected chi connectivity index (χ0v) is 19.3. The lowest BCUT2D eigenvalue weighted by Gasteiger charge is -2.33. The van der Waals surface area contributed by atoms with Crippen LogP contribution in [0.1, 0.15) is 30.4 Å². The van der Waals surface area contributed by atoms with E-state index in [0.29, 0.717) is 39.0 Å². The summed E-state index contributed by atoms with van der Waals surface area (Å²) in [5, 5.41) is 3.00. The Bertz CT molecular complexity index is 1010. The fourth-order valence-corrected chi connectivity index (χ4v) is 4.64. The number of carbonyl (C=O) groups excluding carboxylic acids is 3. The van der Waals surface area contributed by atoms with E-state index >= 15 is 0 Å². The highest BCUT2D eigenvalue weighted by molar-refractivity contribution is 6.00. The van der Waals surface area contributed by atoms with Crippen LogP contribution < -0.4 is 15.0 Å². The molecule has 0 bridgehead atoms. The predicted molar refractivity (Wildman–Crippen MR) is 126 cm³/mol. The highest BCUT2D eigenvalue weighted by Gasteiger charge is 2.38. The number of benzene rings is 2. The van der Waals surface area contributed by atoms with Gasteiger partial charge >= 0.3 is 0 Å². The minimum atomic E-state index is -0.324. The number of amides is 3. The van der Waals surface area contributed by atoms with Crippen molar-refractivity contribution in [3.63, 3.8) is 0 Å². The van der Waals surface area contributed by atoms with Crippen molar-refractivity contribution in [3.8, 4) is 5.75 Å². The van der Waals surface area contributed by atoms with Crippen molar-refractivity contribution in [3.05, 3.63) is 59.7 Å². The first-order valence-electron chi connectivity index (χ1n) is 11.5. The minimum absolute atomic E-state index is 0.00888. The Balaban J connectivity index is 1.27. The molecule has 0 aromatic heterocycles. The number of carbonyl (C=O) groups is 3. The van der Waals surface area contributed by atoms with Crippen LogP contribution in [0.4, 0.5) is 5.69 Å². The number of hydrogen-bond acceptors (Lipinski definition) is 4. The smallest absolute Gasteiger partial charge is 0.228 e. The summed E-state index contributed by atoms with van der Waals surface area (Å²) in [4.78, 5) is 41.8. The van der Waals surface area contributed by atoms with Gasteiger partial charge in [0.1, 0.15) is 5.75 Å². The molecule has 7 nitrogen and oxygen atoms in total. The summed E-state index contributed by atoms with van der Waals surface area (Å²) >= 11 is 0. The molecule has 2 aromatic rings. The highest BCUT2D eigenvalue weighted by Crippen LogP contribution is 2.28. The van der Waals surface area contributed by atoms with E-state index in [1.807, 2.05) is 60.4 Å². The third kappa shape index (κ3) is 5.18. The second-order valence-corrected chi connectivity index (χ2v) is 8.87. The summed E-state index contributed by atoms with van der Waals surface area (Å²) in [5.74, 6) is 0.333. The second kappa shape index (κ2) is 10.1. The Hall–Kier alpha value is -3.35. The molecule has 2 heterocycles. The van der Waals surface area contributed by atoms with Crippen molar-refractivity contribution in [1.29, 1.82) is 0 Å². The number of rotatable bonds is 6. The standard InChI is InChI=1S/C26H31N3O4/c1-18-7-9-22(10-8-18)29-17-21(15-24(29)30)26(32)28-13-11-19(12-14-28)25(31)27-16-20-5-3-4-6-23(20)33-2/h3-10,19,21H,11-17H2,1-2H3,(H,27,31)/t21-/m0/s1. The molecule has 7 heteroatoms. The molecule has 2 saturated heterocycles. The van der Waals surface area contributed by atoms with Crippen LogP contribution in [0, 0.1) is 18.8 Å². The molecular formula is C26H31N3O4. The van der Waals surface area contributed by atoms with E-state index in [2.05, 4.69) is 5.32 Å². The highest BCUT2D eigenvalue weighted by atomic mass is 16.5. The average molecular weight is 450 g/mol. The Morgan fingerprint density at radius 3 is 2.42 bits per heavy atom. The van der Waals surface area contributed by atoms with E-state index in [1.54, 1.807) is 12.0 Å². The summed E-state index contributed by atoms with van der Waals surface area (Å²) in [6, 6.07) is 15.4. The van der Waals surface area contributed by atoms with Gasteiger partial charge in [0.25, 0.3) is 0 Å². The van der Waals surface area contributed by atoms with Crippen LogP contribution in [0.2, 0.25) is 0 Å². The molecule has 1 atom stereocenters. The average Bonchev–Trinajstić information content (AvgIpc) is 3.24. The van der Waals surface area contributed by atoms with Crippen LogP contribution >= 0.6 is 0 Å². The summed E-state index contributed by atoms with van der Waals surface area (Å²) < 4.78 is 5.34. The number of ether oxygens (including phenoxy) is 1. The maximum atomic E-state index is 13.1. The van der Waals surface area contributed by atoms with Gasteiger partial charge in [0.15, 0.2) is 0 Å². The molecule has 4 rings (SSSR count). The van der Waals surface area contributed by atoms with Gasteiger partial charge in [-0.05, 0) is 38.0 Å². The van der Waals surface area contributed by atoms with Gasteiger partial charge in [0.2, 0.25) is 17.7 Å². The molecule has 0 saturated carbocycles. The van der Waals surface area contributed by atoms with E-state index in [4.69, 9.17) is 4.74 Å². The normalized spacial score (nSPS) is 19.0. The molecule has 0 unspecified atom stereocenters. The van der Waals surface area contributed by atoms with E-state index in [9.17, 15) is 14.4 Å². The zero-order valence-electron chi connectivity index (χ0n) is 19.3. The van der Waals surface area contributed by atoms with Gasteiger partial charge in [-0.15, -0.1) is 0 Å². The molecule has 3 amide bonds.